The van der Waals surface area contributed by atoms with Gasteiger partial charge in [-0.25, -0.2) is 8.42 Å². The van der Waals surface area contributed by atoms with E-state index in [9.17, 15) is 18.0 Å². The van der Waals surface area contributed by atoms with Gasteiger partial charge in [0.25, 0.3) is 0 Å². The van der Waals surface area contributed by atoms with Crippen molar-refractivity contribution in [3.05, 3.63) is 58.1 Å². The quantitative estimate of drug-likeness (QED) is 0.331. The van der Waals surface area contributed by atoms with Crippen molar-refractivity contribution in [2.45, 2.75) is 52.6 Å². The smallest absolute Gasteiger partial charge is 0.242 e. The number of ether oxygens (including phenoxy) is 1. The fourth-order valence-electron chi connectivity index (χ4n) is 3.93. The second-order valence-corrected chi connectivity index (χ2v) is 12.2. The number of sulfonamides is 1. The van der Waals surface area contributed by atoms with Crippen molar-refractivity contribution in [3.63, 3.8) is 0 Å². The van der Waals surface area contributed by atoms with Crippen molar-refractivity contribution in [2.75, 3.05) is 30.8 Å². The van der Waals surface area contributed by atoms with Crippen molar-refractivity contribution in [1.82, 2.24) is 10.2 Å². The maximum absolute atomic E-state index is 13.5. The van der Waals surface area contributed by atoms with Crippen molar-refractivity contribution in [1.29, 1.82) is 0 Å². The second kappa shape index (κ2) is 14.6. The Labute approximate surface area is 236 Å². The summed E-state index contributed by atoms with van der Waals surface area (Å²) in [4.78, 5) is 28.1. The van der Waals surface area contributed by atoms with Crippen LogP contribution in [0.3, 0.4) is 0 Å². The lowest BCUT2D eigenvalue weighted by atomic mass is 10.1. The number of carbonyl (C=O) groups excluding carboxylic acids is 2. The Morgan fingerprint density at radius 1 is 1.05 bits per heavy atom. The van der Waals surface area contributed by atoms with Crippen LogP contribution in [-0.4, -0.2) is 57.6 Å². The lowest BCUT2D eigenvalue weighted by Gasteiger charge is -2.31. The molecule has 2 aromatic carbocycles. The minimum absolute atomic E-state index is 0.0530. The maximum atomic E-state index is 13.5. The van der Waals surface area contributed by atoms with Crippen molar-refractivity contribution >= 4 is 50.7 Å². The number of amides is 2. The molecule has 0 saturated heterocycles. The van der Waals surface area contributed by atoms with Gasteiger partial charge in [-0.3, -0.25) is 13.9 Å². The average Bonchev–Trinajstić information content (AvgIpc) is 2.86. The first-order chi connectivity index (χ1) is 17.9. The van der Waals surface area contributed by atoms with Gasteiger partial charge < -0.3 is 15.0 Å². The van der Waals surface area contributed by atoms with E-state index in [4.69, 9.17) is 27.9 Å². The van der Waals surface area contributed by atoms with Gasteiger partial charge >= 0.3 is 0 Å². The van der Waals surface area contributed by atoms with Crippen LogP contribution in [0.2, 0.25) is 10.0 Å². The zero-order valence-corrected chi connectivity index (χ0v) is 24.9. The number of nitrogens with zero attached hydrogens (tertiary/aromatic N) is 2. The molecule has 8 nitrogen and oxygen atoms in total. The summed E-state index contributed by atoms with van der Waals surface area (Å²) in [5.41, 5.74) is 1.21. The molecule has 0 aliphatic heterocycles. The zero-order valence-electron chi connectivity index (χ0n) is 22.5. The highest BCUT2D eigenvalue weighted by atomic mass is 35.5. The van der Waals surface area contributed by atoms with Crippen LogP contribution in [0.1, 0.15) is 45.6 Å². The van der Waals surface area contributed by atoms with Gasteiger partial charge in [-0.2, -0.15) is 0 Å². The minimum Gasteiger partial charge on any atom is -0.497 e. The lowest BCUT2D eigenvalue weighted by Crippen LogP contribution is -2.49. The van der Waals surface area contributed by atoms with Crippen LogP contribution in [0.4, 0.5) is 5.69 Å². The fourth-order valence-corrected chi connectivity index (χ4v) is 5.22. The fraction of sp³-hybridized carbons (Fsp3) is 0.481. The first kappa shape index (κ1) is 31.7. The topological polar surface area (TPSA) is 96.0 Å². The van der Waals surface area contributed by atoms with Gasteiger partial charge in [0.2, 0.25) is 21.8 Å². The molecule has 2 rings (SSSR count). The highest BCUT2D eigenvalue weighted by Gasteiger charge is 2.29. The number of nitrogens with one attached hydrogen (secondary N) is 1. The molecule has 210 valence electrons. The molecule has 0 aliphatic carbocycles. The Hall–Kier alpha value is -2.49. The normalized spacial score (nSPS) is 12.2. The summed E-state index contributed by atoms with van der Waals surface area (Å²) >= 11 is 12.2. The van der Waals surface area contributed by atoms with E-state index < -0.39 is 16.1 Å². The molecular weight excluding hydrogens is 549 g/mol. The molecule has 38 heavy (non-hydrogen) atoms. The number of anilines is 1. The summed E-state index contributed by atoms with van der Waals surface area (Å²) in [7, 11) is -2.05. The molecule has 2 aromatic rings. The summed E-state index contributed by atoms with van der Waals surface area (Å²) in [5, 5.41) is 3.68. The number of methoxy groups -OCH3 is 1. The largest absolute Gasteiger partial charge is 0.497 e. The van der Waals surface area contributed by atoms with Crippen LogP contribution >= 0.6 is 23.2 Å². The Morgan fingerprint density at radius 2 is 1.71 bits per heavy atom. The third kappa shape index (κ3) is 9.36. The number of benzene rings is 2. The van der Waals surface area contributed by atoms with E-state index in [0.29, 0.717) is 34.4 Å². The van der Waals surface area contributed by atoms with Gasteiger partial charge in [0.15, 0.2) is 0 Å². The van der Waals surface area contributed by atoms with E-state index in [1.54, 1.807) is 42.5 Å². The highest BCUT2D eigenvalue weighted by molar-refractivity contribution is 7.92. The van der Waals surface area contributed by atoms with E-state index in [1.807, 2.05) is 20.8 Å². The van der Waals surface area contributed by atoms with E-state index in [1.165, 1.54) is 16.3 Å². The molecule has 1 N–H and O–H groups in total. The van der Waals surface area contributed by atoms with Crippen LogP contribution in [-0.2, 0) is 26.2 Å². The van der Waals surface area contributed by atoms with E-state index in [2.05, 4.69) is 5.32 Å². The zero-order chi connectivity index (χ0) is 28.5. The molecule has 0 saturated carbocycles. The standard InChI is InChI=1S/C27H37Cl2N3O5S/c1-6-25(27(34)30-17-19(2)3)31(18-20-9-14-23(28)24(29)16-20)26(33)8-7-15-32(38(5,35)36)21-10-12-22(37-4)13-11-21/h9-14,16,19,25H,6-8,15,17-18H2,1-5H3,(H,30,34)/t25-/m0/s1. The van der Waals surface area contributed by atoms with Gasteiger partial charge in [-0.15, -0.1) is 0 Å². The van der Waals surface area contributed by atoms with Crippen LogP contribution in [0.5, 0.6) is 5.75 Å². The number of hydrogen-bond donors (Lipinski definition) is 1. The first-order valence-electron chi connectivity index (χ1n) is 12.5. The SMILES string of the molecule is CC[C@@H](C(=O)NCC(C)C)N(Cc1ccc(Cl)c(Cl)c1)C(=O)CCCN(c1ccc(OC)cc1)S(C)(=O)=O. The average molecular weight is 587 g/mol. The summed E-state index contributed by atoms with van der Waals surface area (Å²) < 4.78 is 31.4. The first-order valence-corrected chi connectivity index (χ1v) is 15.1. The van der Waals surface area contributed by atoms with Gasteiger partial charge in [0, 0.05) is 26.1 Å². The van der Waals surface area contributed by atoms with Crippen molar-refractivity contribution in [2.24, 2.45) is 5.92 Å². The van der Waals surface area contributed by atoms with E-state index in [-0.39, 0.29) is 43.7 Å². The molecule has 0 fully saturated rings. The summed E-state index contributed by atoms with van der Waals surface area (Å²) in [6.45, 7) is 6.61. The van der Waals surface area contributed by atoms with Crippen molar-refractivity contribution < 1.29 is 22.7 Å². The van der Waals surface area contributed by atoms with Crippen molar-refractivity contribution in [3.8, 4) is 5.75 Å². The Morgan fingerprint density at radius 3 is 2.24 bits per heavy atom. The number of rotatable bonds is 14. The molecule has 1 atom stereocenters. The molecule has 0 spiro atoms. The van der Waals surface area contributed by atoms with Gasteiger partial charge in [0.05, 0.1) is 29.1 Å². The minimum atomic E-state index is -3.59. The molecule has 2 amide bonds. The Balaban J connectivity index is 2.23. The van der Waals surface area contributed by atoms with Crippen LogP contribution in [0, 0.1) is 5.92 Å². The van der Waals surface area contributed by atoms with Crippen LogP contribution in [0.25, 0.3) is 0 Å². The molecule has 11 heteroatoms. The maximum Gasteiger partial charge on any atom is 0.242 e. The summed E-state index contributed by atoms with van der Waals surface area (Å²) in [6, 6.07) is 11.1. The number of hydrogen-bond acceptors (Lipinski definition) is 5. The van der Waals surface area contributed by atoms with Crippen LogP contribution < -0.4 is 14.4 Å². The Kier molecular flexibility index (Phi) is 12.2. The highest BCUT2D eigenvalue weighted by Crippen LogP contribution is 2.25. The summed E-state index contributed by atoms with van der Waals surface area (Å²) in [5.74, 6) is 0.378. The van der Waals surface area contributed by atoms with E-state index >= 15 is 0 Å². The monoisotopic (exact) mass is 585 g/mol. The molecular formula is C27H37Cl2N3O5S. The molecule has 0 aromatic heterocycles. The second-order valence-electron chi connectivity index (χ2n) is 9.47. The number of carbonyl (C=O) groups is 2. The van der Waals surface area contributed by atoms with E-state index in [0.717, 1.165) is 11.8 Å². The third-order valence-electron chi connectivity index (χ3n) is 5.92. The van der Waals surface area contributed by atoms with Gasteiger partial charge in [0.1, 0.15) is 11.8 Å². The third-order valence-corrected chi connectivity index (χ3v) is 7.85. The van der Waals surface area contributed by atoms with Gasteiger partial charge in [-0.05, 0) is 60.7 Å². The van der Waals surface area contributed by atoms with Crippen LogP contribution in [0.15, 0.2) is 42.5 Å². The molecule has 0 bridgehead atoms. The molecule has 0 heterocycles. The Bertz CT molecular complexity index is 1190. The lowest BCUT2D eigenvalue weighted by molar-refractivity contribution is -0.141. The van der Waals surface area contributed by atoms with Gasteiger partial charge in [-0.1, -0.05) is 50.0 Å². The molecule has 0 radical (unpaired) electrons. The predicted octanol–water partition coefficient (Wildman–Crippen LogP) is 5.13. The molecule has 0 aliphatic rings. The number of halogens is 2. The predicted molar refractivity (Wildman–Crippen MR) is 153 cm³/mol. The molecule has 0 unspecified atom stereocenters. The summed E-state index contributed by atoms with van der Waals surface area (Å²) in [6.07, 6.45) is 1.86.